The van der Waals surface area contributed by atoms with Crippen molar-refractivity contribution >= 4 is 23.2 Å². The van der Waals surface area contributed by atoms with Gasteiger partial charge in [0.2, 0.25) is 0 Å². The maximum absolute atomic E-state index is 7.49. The first kappa shape index (κ1) is 3.44. The fourth-order valence-electron chi connectivity index (χ4n) is 0.440. The standard InChI is InChI=1S/C7H7Cl2N/c8-6-2-1-5(4-10)3-7(6)9/h1-3H,4,10H2/i1D,2D,3D,4D2. The van der Waals surface area contributed by atoms with Gasteiger partial charge in [-0.1, -0.05) is 29.2 Å². The molecule has 0 atom stereocenters. The monoisotopic (exact) mass is 180 g/mol. The van der Waals surface area contributed by atoms with Gasteiger partial charge in [0, 0.05) is 9.24 Å². The van der Waals surface area contributed by atoms with Crippen molar-refractivity contribution in [3.05, 3.63) is 33.7 Å². The molecule has 0 heterocycles. The van der Waals surface area contributed by atoms with Crippen LogP contribution in [0.25, 0.3) is 0 Å². The highest BCUT2D eigenvalue weighted by atomic mass is 35.5. The lowest BCUT2D eigenvalue weighted by atomic mass is 10.2. The summed E-state index contributed by atoms with van der Waals surface area (Å²) in [6.45, 7) is -2.39. The Kier molecular flexibility index (Phi) is 1.11. The van der Waals surface area contributed by atoms with Gasteiger partial charge in [0.15, 0.2) is 0 Å². The Balaban J connectivity index is 3.68. The Labute approximate surface area is 76.8 Å². The van der Waals surface area contributed by atoms with Crippen molar-refractivity contribution in [1.82, 2.24) is 0 Å². The van der Waals surface area contributed by atoms with Crippen LogP contribution in [-0.4, -0.2) is 0 Å². The third-order valence-corrected chi connectivity index (χ3v) is 1.53. The molecule has 0 aromatic heterocycles. The number of hydrogen-bond donors (Lipinski definition) is 1. The maximum Gasteiger partial charge on any atom is 0.0642 e. The van der Waals surface area contributed by atoms with E-state index in [0.717, 1.165) is 0 Å². The van der Waals surface area contributed by atoms with E-state index in [4.69, 9.17) is 35.8 Å². The molecule has 0 bridgehead atoms. The minimum absolute atomic E-state index is 0.236. The van der Waals surface area contributed by atoms with Crippen LogP contribution in [-0.2, 0) is 6.50 Å². The van der Waals surface area contributed by atoms with E-state index in [1.54, 1.807) is 0 Å². The van der Waals surface area contributed by atoms with E-state index >= 15 is 0 Å². The molecule has 1 nitrogen and oxygen atoms in total. The van der Waals surface area contributed by atoms with Crippen molar-refractivity contribution in [2.75, 3.05) is 0 Å². The van der Waals surface area contributed by atoms with Crippen molar-refractivity contribution in [3.8, 4) is 0 Å². The summed E-state index contributed by atoms with van der Waals surface area (Å²) in [6.07, 6.45) is 0. The molecule has 1 aromatic rings. The summed E-state index contributed by atoms with van der Waals surface area (Å²) >= 11 is 11.2. The van der Waals surface area contributed by atoms with Gasteiger partial charge in [0.1, 0.15) is 0 Å². The quantitative estimate of drug-likeness (QED) is 0.707. The third-order valence-electron chi connectivity index (χ3n) is 0.869. The number of rotatable bonds is 1. The fourth-order valence-corrected chi connectivity index (χ4v) is 0.677. The second-order valence-corrected chi connectivity index (χ2v) is 2.28. The van der Waals surface area contributed by atoms with Gasteiger partial charge in [-0.25, -0.2) is 0 Å². The molecular formula is C7H7Cl2N. The lowest BCUT2D eigenvalue weighted by molar-refractivity contribution is 1.07. The lowest BCUT2D eigenvalue weighted by Gasteiger charge is -1.97. The molecule has 0 amide bonds. The summed E-state index contributed by atoms with van der Waals surface area (Å²) in [6, 6.07) is -1.39. The van der Waals surface area contributed by atoms with Crippen molar-refractivity contribution in [2.24, 2.45) is 5.73 Å². The van der Waals surface area contributed by atoms with Gasteiger partial charge in [-0.05, 0) is 17.6 Å². The number of halogens is 2. The zero-order chi connectivity index (χ0) is 12.0. The van der Waals surface area contributed by atoms with E-state index in [2.05, 4.69) is 0 Å². The zero-order valence-electron chi connectivity index (χ0n) is 9.83. The maximum atomic E-state index is 7.49. The zero-order valence-corrected chi connectivity index (χ0v) is 6.35. The molecule has 3 heteroatoms. The molecule has 0 saturated carbocycles. The molecule has 0 fully saturated rings. The predicted octanol–water partition coefficient (Wildman–Crippen LogP) is 2.45. The number of hydrogen-bond acceptors (Lipinski definition) is 1. The Hall–Kier alpha value is -0.240. The van der Waals surface area contributed by atoms with Crippen LogP contribution in [0, 0.1) is 0 Å². The molecule has 1 rings (SSSR count). The van der Waals surface area contributed by atoms with Gasteiger partial charge >= 0.3 is 0 Å². The highest BCUT2D eigenvalue weighted by Crippen LogP contribution is 2.21. The predicted molar refractivity (Wildman–Crippen MR) is 44.4 cm³/mol. The molecule has 10 heavy (non-hydrogen) atoms. The average molecular weight is 181 g/mol. The molecule has 0 saturated heterocycles. The van der Waals surface area contributed by atoms with E-state index in [1.807, 2.05) is 0 Å². The van der Waals surface area contributed by atoms with Crippen LogP contribution in [0.2, 0.25) is 10.0 Å². The molecule has 0 unspecified atom stereocenters. The summed E-state index contributed by atoms with van der Waals surface area (Å²) in [5, 5.41) is -0.498. The lowest BCUT2D eigenvalue weighted by Crippen LogP contribution is -1.95. The Morgan fingerprint density at radius 2 is 2.20 bits per heavy atom. The van der Waals surface area contributed by atoms with Gasteiger partial charge in [0.25, 0.3) is 0 Å². The largest absolute Gasteiger partial charge is 0.326 e. The van der Waals surface area contributed by atoms with Gasteiger partial charge < -0.3 is 5.73 Å². The Bertz CT molecular complexity index is 386. The fraction of sp³-hybridized carbons (Fsp3) is 0.143. The second-order valence-electron chi connectivity index (χ2n) is 1.52. The summed E-state index contributed by atoms with van der Waals surface area (Å²) in [5.41, 5.74) is 4.73. The summed E-state index contributed by atoms with van der Waals surface area (Å²) < 4.78 is 36.8. The third kappa shape index (κ3) is 1.63. The molecule has 0 aliphatic carbocycles. The van der Waals surface area contributed by atoms with Crippen LogP contribution in [0.1, 0.15) is 12.4 Å². The number of nitrogens with two attached hydrogens (primary N) is 1. The molecule has 0 radical (unpaired) electrons. The molecule has 0 spiro atoms. The van der Waals surface area contributed by atoms with Crippen LogP contribution in [0.15, 0.2) is 18.1 Å². The molecule has 2 N–H and O–H groups in total. The second kappa shape index (κ2) is 3.24. The summed E-state index contributed by atoms with van der Waals surface area (Å²) in [4.78, 5) is 0. The molecule has 1 aromatic carbocycles. The first-order valence-electron chi connectivity index (χ1n) is 4.92. The van der Waals surface area contributed by atoms with Crippen LogP contribution >= 0.6 is 23.2 Å². The molecule has 0 aliphatic rings. The van der Waals surface area contributed by atoms with E-state index in [0.29, 0.717) is 0 Å². The van der Waals surface area contributed by atoms with Crippen molar-refractivity contribution in [2.45, 2.75) is 6.50 Å². The Morgan fingerprint density at radius 1 is 1.50 bits per heavy atom. The van der Waals surface area contributed by atoms with Gasteiger partial charge in [0.05, 0.1) is 14.2 Å². The molecule has 54 valence electrons. The highest BCUT2D eigenvalue weighted by Gasteiger charge is 1.96. The summed E-state index contributed by atoms with van der Waals surface area (Å²) in [7, 11) is 0. The van der Waals surface area contributed by atoms with Gasteiger partial charge in [-0.3, -0.25) is 0 Å². The smallest absolute Gasteiger partial charge is 0.0642 e. The van der Waals surface area contributed by atoms with Gasteiger partial charge in [-0.2, -0.15) is 0 Å². The average Bonchev–Trinajstić information content (AvgIpc) is 2.09. The van der Waals surface area contributed by atoms with E-state index in [-0.39, 0.29) is 10.0 Å². The minimum Gasteiger partial charge on any atom is -0.326 e. The highest BCUT2D eigenvalue weighted by molar-refractivity contribution is 6.41. The van der Waals surface area contributed by atoms with Crippen molar-refractivity contribution in [1.29, 1.82) is 0 Å². The SMILES string of the molecule is [2H]c1c([2H])c(C([2H])([2H])N)c([2H])c(Cl)c1Cl. The van der Waals surface area contributed by atoms with E-state index < -0.39 is 30.2 Å². The topological polar surface area (TPSA) is 26.0 Å². The van der Waals surface area contributed by atoms with Crippen LogP contribution < -0.4 is 5.73 Å². The van der Waals surface area contributed by atoms with E-state index in [1.165, 1.54) is 0 Å². The van der Waals surface area contributed by atoms with Crippen LogP contribution in [0.4, 0.5) is 0 Å². The van der Waals surface area contributed by atoms with Crippen LogP contribution in [0.3, 0.4) is 0 Å². The first-order valence-corrected chi connectivity index (χ1v) is 3.17. The number of benzene rings is 1. The minimum atomic E-state index is -2.39. The molecular weight excluding hydrogens is 169 g/mol. The van der Waals surface area contributed by atoms with Crippen molar-refractivity contribution < 1.29 is 6.85 Å². The summed E-state index contributed by atoms with van der Waals surface area (Å²) in [5.74, 6) is 0. The van der Waals surface area contributed by atoms with Gasteiger partial charge in [-0.15, -0.1) is 0 Å². The normalized spacial score (nSPS) is 18.5. The van der Waals surface area contributed by atoms with Crippen LogP contribution in [0.5, 0.6) is 0 Å². The Morgan fingerprint density at radius 3 is 2.80 bits per heavy atom. The van der Waals surface area contributed by atoms with Crippen molar-refractivity contribution in [3.63, 3.8) is 0 Å². The van der Waals surface area contributed by atoms with E-state index in [9.17, 15) is 0 Å². The molecule has 0 aliphatic heterocycles. The first-order chi connectivity index (χ1) is 6.68.